The molecule has 0 radical (unpaired) electrons. The quantitative estimate of drug-likeness (QED) is 0.807. The molecule has 0 spiro atoms. The van der Waals surface area contributed by atoms with Crippen molar-refractivity contribution in [2.24, 2.45) is 11.7 Å². The van der Waals surface area contributed by atoms with Gasteiger partial charge in [0.1, 0.15) is 4.99 Å². The van der Waals surface area contributed by atoms with Crippen molar-refractivity contribution in [3.63, 3.8) is 0 Å². The third-order valence-corrected chi connectivity index (χ3v) is 5.42. The summed E-state index contributed by atoms with van der Waals surface area (Å²) in [5.74, 6) is 0.914. The van der Waals surface area contributed by atoms with Crippen molar-refractivity contribution in [2.75, 3.05) is 11.9 Å². The molecule has 0 atom stereocenters. The Bertz CT molecular complexity index is 481. The highest BCUT2D eigenvalue weighted by Gasteiger charge is 2.25. The third-order valence-electron chi connectivity index (χ3n) is 4.56. The van der Waals surface area contributed by atoms with Crippen molar-refractivity contribution in [1.82, 2.24) is 0 Å². The number of hydrogen-bond acceptors (Lipinski definition) is 2. The highest BCUT2D eigenvalue weighted by Crippen LogP contribution is 2.34. The lowest BCUT2D eigenvalue weighted by Crippen LogP contribution is -2.36. The van der Waals surface area contributed by atoms with Gasteiger partial charge in [0.05, 0.1) is 0 Å². The molecule has 1 aromatic rings. The number of halogens is 1. The second-order valence-electron chi connectivity index (χ2n) is 5.69. The predicted octanol–water partition coefficient (Wildman–Crippen LogP) is 4.49. The Balaban J connectivity index is 2.20. The van der Waals surface area contributed by atoms with Crippen LogP contribution in [0.5, 0.6) is 0 Å². The molecule has 1 aliphatic carbocycles. The van der Waals surface area contributed by atoms with E-state index in [1.807, 2.05) is 6.07 Å². The molecule has 1 aliphatic rings. The third kappa shape index (κ3) is 3.34. The van der Waals surface area contributed by atoms with E-state index in [9.17, 15) is 0 Å². The Hall–Kier alpha value is -0.610. The molecule has 0 bridgehead atoms. The van der Waals surface area contributed by atoms with Gasteiger partial charge in [-0.3, -0.25) is 0 Å². The van der Waals surface area contributed by atoms with E-state index in [2.05, 4.69) is 46.9 Å². The number of nitrogens with zero attached hydrogens (tertiary/aromatic N) is 1. The van der Waals surface area contributed by atoms with E-state index < -0.39 is 0 Å². The maximum atomic E-state index is 5.90. The number of thiocarbonyl (C=S) groups is 1. The highest BCUT2D eigenvalue weighted by molar-refractivity contribution is 9.10. The Morgan fingerprint density at radius 1 is 1.35 bits per heavy atom. The first kappa shape index (κ1) is 15.8. The summed E-state index contributed by atoms with van der Waals surface area (Å²) in [5, 5.41) is 0. The molecule has 20 heavy (non-hydrogen) atoms. The fraction of sp³-hybridized carbons (Fsp3) is 0.562. The Morgan fingerprint density at radius 2 is 2.00 bits per heavy atom. The zero-order chi connectivity index (χ0) is 14.7. The SMILES string of the molecule is CCC1CCC(N(C)c2cccc(Br)c2C(N)=S)CC1. The summed E-state index contributed by atoms with van der Waals surface area (Å²) in [6.07, 6.45) is 6.51. The largest absolute Gasteiger partial charge is 0.389 e. The molecule has 4 heteroatoms. The maximum Gasteiger partial charge on any atom is 0.107 e. The molecular formula is C16H23BrN2S. The zero-order valence-corrected chi connectivity index (χ0v) is 14.6. The fourth-order valence-electron chi connectivity index (χ4n) is 3.19. The molecule has 2 rings (SSSR count). The Morgan fingerprint density at radius 3 is 2.55 bits per heavy atom. The van der Waals surface area contributed by atoms with Crippen molar-refractivity contribution >= 4 is 38.8 Å². The van der Waals surface area contributed by atoms with Crippen molar-refractivity contribution in [3.8, 4) is 0 Å². The summed E-state index contributed by atoms with van der Waals surface area (Å²) in [6, 6.07) is 6.76. The summed E-state index contributed by atoms with van der Waals surface area (Å²) in [5.41, 5.74) is 8.01. The van der Waals surface area contributed by atoms with Gasteiger partial charge in [-0.1, -0.05) is 31.6 Å². The first-order chi connectivity index (χ1) is 9.54. The molecular weight excluding hydrogens is 332 g/mol. The lowest BCUT2D eigenvalue weighted by Gasteiger charge is -2.36. The van der Waals surface area contributed by atoms with Gasteiger partial charge in [-0.25, -0.2) is 0 Å². The summed E-state index contributed by atoms with van der Waals surface area (Å²) < 4.78 is 0.983. The molecule has 0 heterocycles. The number of anilines is 1. The summed E-state index contributed by atoms with van der Waals surface area (Å²) in [7, 11) is 2.17. The van der Waals surface area contributed by atoms with Crippen LogP contribution < -0.4 is 10.6 Å². The van der Waals surface area contributed by atoms with Crippen LogP contribution in [-0.2, 0) is 0 Å². The molecule has 0 unspecified atom stereocenters. The fourth-order valence-corrected chi connectivity index (χ4v) is 4.10. The van der Waals surface area contributed by atoms with Gasteiger partial charge in [-0.15, -0.1) is 0 Å². The average Bonchev–Trinajstić information content (AvgIpc) is 2.46. The van der Waals surface area contributed by atoms with Crippen LogP contribution in [0.1, 0.15) is 44.6 Å². The maximum absolute atomic E-state index is 5.90. The van der Waals surface area contributed by atoms with Gasteiger partial charge in [0.15, 0.2) is 0 Å². The van der Waals surface area contributed by atoms with Crippen LogP contribution in [0.3, 0.4) is 0 Å². The van der Waals surface area contributed by atoms with Crippen LogP contribution in [0.15, 0.2) is 22.7 Å². The summed E-state index contributed by atoms with van der Waals surface area (Å²) >= 11 is 8.78. The zero-order valence-electron chi connectivity index (χ0n) is 12.2. The van der Waals surface area contributed by atoms with E-state index in [4.69, 9.17) is 18.0 Å². The predicted molar refractivity (Wildman–Crippen MR) is 94.5 cm³/mol. The number of benzene rings is 1. The monoisotopic (exact) mass is 354 g/mol. The molecule has 1 fully saturated rings. The first-order valence-corrected chi connectivity index (χ1v) is 8.55. The molecule has 0 aliphatic heterocycles. The average molecular weight is 355 g/mol. The molecule has 2 nitrogen and oxygen atoms in total. The second kappa shape index (κ2) is 6.90. The van der Waals surface area contributed by atoms with Crippen molar-refractivity contribution in [3.05, 3.63) is 28.2 Å². The van der Waals surface area contributed by atoms with E-state index in [0.717, 1.165) is 21.6 Å². The Kier molecular flexibility index (Phi) is 5.44. The number of rotatable bonds is 4. The topological polar surface area (TPSA) is 29.3 Å². The van der Waals surface area contributed by atoms with Crippen molar-refractivity contribution in [2.45, 2.75) is 45.1 Å². The molecule has 1 aromatic carbocycles. The number of hydrogen-bond donors (Lipinski definition) is 1. The lowest BCUT2D eigenvalue weighted by atomic mass is 9.84. The van der Waals surface area contributed by atoms with E-state index in [0.29, 0.717) is 11.0 Å². The lowest BCUT2D eigenvalue weighted by molar-refractivity contribution is 0.313. The minimum absolute atomic E-state index is 0.460. The van der Waals surface area contributed by atoms with Gasteiger partial charge in [0, 0.05) is 28.8 Å². The van der Waals surface area contributed by atoms with Gasteiger partial charge in [-0.05, 0) is 59.7 Å². The van der Waals surface area contributed by atoms with Gasteiger partial charge < -0.3 is 10.6 Å². The van der Waals surface area contributed by atoms with Crippen LogP contribution >= 0.6 is 28.1 Å². The van der Waals surface area contributed by atoms with Crippen LogP contribution in [-0.4, -0.2) is 18.1 Å². The molecule has 110 valence electrons. The van der Waals surface area contributed by atoms with Crippen LogP contribution in [0, 0.1) is 5.92 Å². The first-order valence-electron chi connectivity index (χ1n) is 7.35. The van der Waals surface area contributed by atoms with Gasteiger partial charge in [-0.2, -0.15) is 0 Å². The van der Waals surface area contributed by atoms with E-state index in [1.165, 1.54) is 32.1 Å². The van der Waals surface area contributed by atoms with E-state index in [1.54, 1.807) is 0 Å². The second-order valence-corrected chi connectivity index (χ2v) is 6.99. The van der Waals surface area contributed by atoms with Gasteiger partial charge >= 0.3 is 0 Å². The molecule has 0 amide bonds. The minimum atomic E-state index is 0.460. The van der Waals surface area contributed by atoms with Crippen molar-refractivity contribution in [1.29, 1.82) is 0 Å². The van der Waals surface area contributed by atoms with E-state index >= 15 is 0 Å². The van der Waals surface area contributed by atoms with E-state index in [-0.39, 0.29) is 0 Å². The summed E-state index contributed by atoms with van der Waals surface area (Å²) in [6.45, 7) is 2.30. The standard InChI is InChI=1S/C16H23BrN2S/c1-3-11-7-9-12(10-8-11)19(2)14-6-4-5-13(17)15(14)16(18)20/h4-6,11-12H,3,7-10H2,1-2H3,(H2,18,20). The van der Waals surface area contributed by atoms with Crippen molar-refractivity contribution < 1.29 is 0 Å². The van der Waals surface area contributed by atoms with Gasteiger partial charge in [0.2, 0.25) is 0 Å². The molecule has 0 aromatic heterocycles. The van der Waals surface area contributed by atoms with Gasteiger partial charge in [0.25, 0.3) is 0 Å². The minimum Gasteiger partial charge on any atom is -0.389 e. The normalized spacial score (nSPS) is 22.6. The molecule has 2 N–H and O–H groups in total. The summed E-state index contributed by atoms with van der Waals surface area (Å²) in [4.78, 5) is 2.83. The smallest absolute Gasteiger partial charge is 0.107 e. The molecule has 0 saturated heterocycles. The number of nitrogens with two attached hydrogens (primary N) is 1. The van der Waals surface area contributed by atoms with Crippen LogP contribution in [0.25, 0.3) is 0 Å². The van der Waals surface area contributed by atoms with Crippen LogP contribution in [0.2, 0.25) is 0 Å². The molecule has 1 saturated carbocycles. The Labute approximate surface area is 135 Å². The van der Waals surface area contributed by atoms with Crippen LogP contribution in [0.4, 0.5) is 5.69 Å². The highest BCUT2D eigenvalue weighted by atomic mass is 79.9.